The number of amides is 1. The smallest absolute Gasteiger partial charge is 0.226 e. The summed E-state index contributed by atoms with van der Waals surface area (Å²) in [5, 5.41) is 3.01. The predicted octanol–water partition coefficient (Wildman–Crippen LogP) is 3.10. The third kappa shape index (κ3) is 3.33. The first-order valence-electron chi connectivity index (χ1n) is 7.10. The Morgan fingerprint density at radius 2 is 1.75 bits per heavy atom. The molecule has 2 rings (SSSR count). The Kier molecular flexibility index (Phi) is 5.06. The van der Waals surface area contributed by atoms with Gasteiger partial charge in [-0.05, 0) is 30.9 Å². The Morgan fingerprint density at radius 3 is 2.25 bits per heavy atom. The van der Waals surface area contributed by atoms with Crippen molar-refractivity contribution in [3.63, 3.8) is 0 Å². The van der Waals surface area contributed by atoms with Crippen LogP contribution in [-0.2, 0) is 22.0 Å². The van der Waals surface area contributed by atoms with E-state index in [1.807, 2.05) is 38.1 Å². The van der Waals surface area contributed by atoms with E-state index >= 15 is 0 Å². The first-order chi connectivity index (χ1) is 9.52. The molecular weight excluding hydrogens is 274 g/mol. The molecule has 0 radical (unpaired) electrons. The number of hydrogen-bond donors (Lipinski definition) is 1. The third-order valence-electron chi connectivity index (χ3n) is 4.19. The van der Waals surface area contributed by atoms with Gasteiger partial charge in [-0.2, -0.15) is 0 Å². The van der Waals surface area contributed by atoms with E-state index in [0.717, 1.165) is 11.1 Å². The summed E-state index contributed by atoms with van der Waals surface area (Å²) in [6, 6.07) is 7.97. The highest BCUT2D eigenvalue weighted by atomic mass is 35.5. The quantitative estimate of drug-likeness (QED) is 0.867. The average Bonchev–Trinajstić information content (AvgIpc) is 2.70. The van der Waals surface area contributed by atoms with Gasteiger partial charge in [0.15, 0.2) is 0 Å². The molecule has 1 aliphatic rings. The van der Waals surface area contributed by atoms with Crippen molar-refractivity contribution in [3.05, 3.63) is 35.4 Å². The highest BCUT2D eigenvalue weighted by Crippen LogP contribution is 2.32. The Bertz CT molecular complexity index is 460. The van der Waals surface area contributed by atoms with E-state index in [-0.39, 0.29) is 30.0 Å². The summed E-state index contributed by atoms with van der Waals surface area (Å²) in [6.07, 6.45) is 0.127. The van der Waals surface area contributed by atoms with Crippen molar-refractivity contribution >= 4 is 17.5 Å². The predicted molar refractivity (Wildman–Crippen MR) is 80.5 cm³/mol. The maximum atomic E-state index is 12.3. The number of alkyl halides is 1. The molecule has 1 heterocycles. The zero-order chi connectivity index (χ0) is 14.7. The van der Waals surface area contributed by atoms with Crippen LogP contribution >= 0.6 is 11.6 Å². The standard InChI is InChI=1S/C16H22ClNO2/c1-10-11(2)20-12(3)15(10)16(19)18-9-14-6-4-13(8-17)5-7-14/h4-7,10-12,15H,8-9H2,1-3H3,(H,18,19). The van der Waals surface area contributed by atoms with Gasteiger partial charge in [-0.15, -0.1) is 11.6 Å². The van der Waals surface area contributed by atoms with Gasteiger partial charge < -0.3 is 10.1 Å². The lowest BCUT2D eigenvalue weighted by molar-refractivity contribution is -0.127. The average molecular weight is 296 g/mol. The van der Waals surface area contributed by atoms with Crippen molar-refractivity contribution < 1.29 is 9.53 Å². The minimum absolute atomic E-state index is 0.0152. The molecule has 1 aliphatic heterocycles. The fraction of sp³-hybridized carbons (Fsp3) is 0.562. The van der Waals surface area contributed by atoms with Crippen LogP contribution in [0.5, 0.6) is 0 Å². The van der Waals surface area contributed by atoms with E-state index in [1.165, 1.54) is 0 Å². The van der Waals surface area contributed by atoms with Crippen molar-refractivity contribution in [3.8, 4) is 0 Å². The van der Waals surface area contributed by atoms with Crippen LogP contribution < -0.4 is 5.32 Å². The molecule has 1 amide bonds. The highest BCUT2D eigenvalue weighted by Gasteiger charge is 2.41. The monoisotopic (exact) mass is 295 g/mol. The van der Waals surface area contributed by atoms with Gasteiger partial charge in [-0.3, -0.25) is 4.79 Å². The molecule has 20 heavy (non-hydrogen) atoms. The molecule has 0 spiro atoms. The van der Waals surface area contributed by atoms with Gasteiger partial charge in [0.25, 0.3) is 0 Å². The molecule has 1 N–H and O–H groups in total. The van der Waals surface area contributed by atoms with Crippen LogP contribution in [0.15, 0.2) is 24.3 Å². The van der Waals surface area contributed by atoms with Crippen LogP contribution in [-0.4, -0.2) is 18.1 Å². The van der Waals surface area contributed by atoms with Crippen LogP contribution in [0, 0.1) is 11.8 Å². The number of carbonyl (C=O) groups excluding carboxylic acids is 1. The summed E-state index contributed by atoms with van der Waals surface area (Å²) in [5.74, 6) is 0.783. The zero-order valence-electron chi connectivity index (χ0n) is 12.2. The molecule has 1 aromatic rings. The van der Waals surface area contributed by atoms with E-state index in [4.69, 9.17) is 16.3 Å². The Labute approximate surface area is 125 Å². The van der Waals surface area contributed by atoms with E-state index < -0.39 is 0 Å². The maximum absolute atomic E-state index is 12.3. The van der Waals surface area contributed by atoms with Crippen molar-refractivity contribution in [2.45, 2.75) is 45.4 Å². The fourth-order valence-electron chi connectivity index (χ4n) is 2.77. The van der Waals surface area contributed by atoms with Crippen molar-refractivity contribution in [2.75, 3.05) is 0 Å². The van der Waals surface area contributed by atoms with Gasteiger partial charge in [0.05, 0.1) is 18.1 Å². The number of nitrogens with one attached hydrogen (secondary N) is 1. The minimum atomic E-state index is -0.0629. The Morgan fingerprint density at radius 1 is 1.15 bits per heavy atom. The van der Waals surface area contributed by atoms with Gasteiger partial charge in [0.2, 0.25) is 5.91 Å². The number of benzene rings is 1. The lowest BCUT2D eigenvalue weighted by Crippen LogP contribution is -2.36. The van der Waals surface area contributed by atoms with Crippen LogP contribution in [0.4, 0.5) is 0 Å². The molecule has 0 aromatic heterocycles. The molecule has 110 valence electrons. The molecule has 1 fully saturated rings. The van der Waals surface area contributed by atoms with Gasteiger partial charge in [0.1, 0.15) is 0 Å². The molecule has 0 bridgehead atoms. The lowest BCUT2D eigenvalue weighted by atomic mass is 9.89. The molecule has 4 unspecified atom stereocenters. The summed E-state index contributed by atoms with van der Waals surface area (Å²) in [4.78, 5) is 12.3. The second-order valence-electron chi connectivity index (χ2n) is 5.60. The van der Waals surface area contributed by atoms with Gasteiger partial charge in [-0.25, -0.2) is 0 Å². The van der Waals surface area contributed by atoms with Crippen LogP contribution in [0.25, 0.3) is 0 Å². The largest absolute Gasteiger partial charge is 0.374 e. The fourth-order valence-corrected chi connectivity index (χ4v) is 2.95. The topological polar surface area (TPSA) is 38.3 Å². The molecule has 1 saturated heterocycles. The number of ether oxygens (including phenoxy) is 1. The van der Waals surface area contributed by atoms with Gasteiger partial charge in [-0.1, -0.05) is 31.2 Å². The van der Waals surface area contributed by atoms with Crippen LogP contribution in [0.3, 0.4) is 0 Å². The molecule has 4 atom stereocenters. The molecule has 0 saturated carbocycles. The van der Waals surface area contributed by atoms with Crippen molar-refractivity contribution in [2.24, 2.45) is 11.8 Å². The Hall–Kier alpha value is -1.06. The normalized spacial score (nSPS) is 29.4. The summed E-state index contributed by atoms with van der Waals surface area (Å²) in [6.45, 7) is 6.62. The van der Waals surface area contributed by atoms with E-state index in [0.29, 0.717) is 12.4 Å². The zero-order valence-corrected chi connectivity index (χ0v) is 13.0. The highest BCUT2D eigenvalue weighted by molar-refractivity contribution is 6.17. The van der Waals surface area contributed by atoms with Crippen LogP contribution in [0.1, 0.15) is 31.9 Å². The summed E-state index contributed by atoms with van der Waals surface area (Å²) < 4.78 is 5.71. The number of rotatable bonds is 4. The third-order valence-corrected chi connectivity index (χ3v) is 4.50. The molecule has 3 nitrogen and oxygen atoms in total. The SMILES string of the molecule is CC1OC(C)C(C(=O)NCc2ccc(CCl)cc2)C1C. The first kappa shape index (κ1) is 15.3. The van der Waals surface area contributed by atoms with Crippen molar-refractivity contribution in [1.82, 2.24) is 5.32 Å². The lowest BCUT2D eigenvalue weighted by Gasteiger charge is -2.18. The molecular formula is C16H22ClNO2. The van der Waals surface area contributed by atoms with Gasteiger partial charge in [0, 0.05) is 12.4 Å². The number of halogens is 1. The van der Waals surface area contributed by atoms with Crippen LogP contribution in [0.2, 0.25) is 0 Å². The second kappa shape index (κ2) is 6.59. The number of carbonyl (C=O) groups is 1. The summed E-state index contributed by atoms with van der Waals surface area (Å²) >= 11 is 5.75. The molecule has 1 aromatic carbocycles. The van der Waals surface area contributed by atoms with Crippen molar-refractivity contribution in [1.29, 1.82) is 0 Å². The maximum Gasteiger partial charge on any atom is 0.226 e. The number of hydrogen-bond acceptors (Lipinski definition) is 2. The molecule has 4 heteroatoms. The van der Waals surface area contributed by atoms with E-state index in [9.17, 15) is 4.79 Å². The minimum Gasteiger partial charge on any atom is -0.374 e. The molecule has 0 aliphatic carbocycles. The van der Waals surface area contributed by atoms with E-state index in [2.05, 4.69) is 12.2 Å². The second-order valence-corrected chi connectivity index (χ2v) is 5.87. The van der Waals surface area contributed by atoms with Gasteiger partial charge >= 0.3 is 0 Å². The van der Waals surface area contributed by atoms with E-state index in [1.54, 1.807) is 0 Å². The Balaban J connectivity index is 1.91. The first-order valence-corrected chi connectivity index (χ1v) is 7.63. The summed E-state index contributed by atoms with van der Waals surface area (Å²) in [7, 11) is 0. The summed E-state index contributed by atoms with van der Waals surface area (Å²) in [5.41, 5.74) is 2.17.